The highest BCUT2D eigenvalue weighted by Crippen LogP contribution is 2.42. The molecule has 1 aliphatic carbocycles. The zero-order valence-electron chi connectivity index (χ0n) is 11.3. The molecule has 1 amide bonds. The molecule has 0 bridgehead atoms. The summed E-state index contributed by atoms with van der Waals surface area (Å²) in [4.78, 5) is 29.9. The van der Waals surface area contributed by atoms with Gasteiger partial charge < -0.3 is 21.1 Å². The van der Waals surface area contributed by atoms with Gasteiger partial charge in [0.25, 0.3) is 0 Å². The molecule has 0 aliphatic heterocycles. The van der Waals surface area contributed by atoms with E-state index in [1.165, 1.54) is 6.33 Å². The fourth-order valence-corrected chi connectivity index (χ4v) is 2.53. The van der Waals surface area contributed by atoms with Gasteiger partial charge in [-0.25, -0.2) is 9.78 Å². The molecule has 0 spiro atoms. The lowest BCUT2D eigenvalue weighted by molar-refractivity contribution is -0.142. The van der Waals surface area contributed by atoms with Crippen molar-refractivity contribution in [1.29, 1.82) is 0 Å². The van der Waals surface area contributed by atoms with E-state index in [2.05, 4.69) is 15.3 Å². The number of rotatable bonds is 7. The van der Waals surface area contributed by atoms with Crippen LogP contribution in [0.5, 0.6) is 0 Å². The molecule has 0 saturated heterocycles. The number of aliphatic carboxylic acids is 1. The maximum atomic E-state index is 12.0. The molecule has 2 rings (SSSR count). The average Bonchev–Trinajstić information content (AvgIpc) is 2.86. The molecule has 0 aromatic carbocycles. The first kappa shape index (κ1) is 14.5. The van der Waals surface area contributed by atoms with Crippen molar-refractivity contribution in [2.24, 2.45) is 11.1 Å². The number of H-pyrrole nitrogens is 1. The second-order valence-electron chi connectivity index (χ2n) is 5.47. The van der Waals surface area contributed by atoms with E-state index < -0.39 is 12.0 Å². The van der Waals surface area contributed by atoms with E-state index >= 15 is 0 Å². The summed E-state index contributed by atoms with van der Waals surface area (Å²) in [6, 6.07) is -0.946. The summed E-state index contributed by atoms with van der Waals surface area (Å²) in [5.74, 6) is -1.30. The molecule has 1 aliphatic rings. The van der Waals surface area contributed by atoms with Crippen molar-refractivity contribution < 1.29 is 14.7 Å². The highest BCUT2D eigenvalue weighted by molar-refractivity contribution is 5.84. The summed E-state index contributed by atoms with van der Waals surface area (Å²) < 4.78 is 0. The number of amides is 1. The van der Waals surface area contributed by atoms with Crippen LogP contribution in [-0.4, -0.2) is 39.5 Å². The van der Waals surface area contributed by atoms with Gasteiger partial charge in [0.15, 0.2) is 0 Å². The lowest BCUT2D eigenvalue weighted by Gasteiger charge is -2.40. The van der Waals surface area contributed by atoms with Gasteiger partial charge in [-0.15, -0.1) is 0 Å². The molecule has 1 atom stereocenters. The molecule has 1 aromatic heterocycles. The molecular weight excluding hydrogens is 260 g/mol. The van der Waals surface area contributed by atoms with Crippen molar-refractivity contribution in [1.82, 2.24) is 15.3 Å². The Morgan fingerprint density at radius 2 is 2.30 bits per heavy atom. The minimum atomic E-state index is -1.05. The first-order valence-corrected chi connectivity index (χ1v) is 6.74. The van der Waals surface area contributed by atoms with Gasteiger partial charge in [-0.3, -0.25) is 4.79 Å². The SMILES string of the molecule is NCC1(CC(=O)N[C@H](Cc2cnc[nH]2)C(=O)O)CCC1. The largest absolute Gasteiger partial charge is 0.480 e. The molecule has 1 fully saturated rings. The summed E-state index contributed by atoms with van der Waals surface area (Å²) in [6.07, 6.45) is 6.49. The van der Waals surface area contributed by atoms with Crippen LogP contribution >= 0.6 is 0 Å². The molecule has 1 saturated carbocycles. The average molecular weight is 280 g/mol. The van der Waals surface area contributed by atoms with Gasteiger partial charge >= 0.3 is 5.97 Å². The third-order valence-corrected chi connectivity index (χ3v) is 3.99. The highest BCUT2D eigenvalue weighted by atomic mass is 16.4. The van der Waals surface area contributed by atoms with Crippen LogP contribution in [0, 0.1) is 5.41 Å². The molecule has 110 valence electrons. The number of carboxylic acid groups (broad SMARTS) is 1. The monoisotopic (exact) mass is 280 g/mol. The topological polar surface area (TPSA) is 121 Å². The van der Waals surface area contributed by atoms with E-state index in [-0.39, 0.29) is 17.7 Å². The third-order valence-electron chi connectivity index (χ3n) is 3.99. The summed E-state index contributed by atoms with van der Waals surface area (Å²) in [5, 5.41) is 11.7. The van der Waals surface area contributed by atoms with Gasteiger partial charge in [-0.05, 0) is 24.8 Å². The Balaban J connectivity index is 1.90. The molecule has 1 aromatic rings. The standard InChI is InChI=1S/C13H20N4O3/c14-7-13(2-1-3-13)5-11(18)17-10(12(19)20)4-9-6-15-8-16-9/h6,8,10H,1-5,7,14H2,(H,15,16)(H,17,18)(H,19,20)/t10-/m1/s1. The minimum Gasteiger partial charge on any atom is -0.480 e. The summed E-state index contributed by atoms with van der Waals surface area (Å²) in [5.41, 5.74) is 6.26. The number of hydrogen-bond donors (Lipinski definition) is 4. The fourth-order valence-electron chi connectivity index (χ4n) is 2.53. The van der Waals surface area contributed by atoms with Crippen molar-refractivity contribution in [2.45, 2.75) is 38.1 Å². The number of aromatic nitrogens is 2. The first-order chi connectivity index (χ1) is 9.54. The lowest BCUT2D eigenvalue weighted by Crippen LogP contribution is -2.47. The first-order valence-electron chi connectivity index (χ1n) is 6.74. The van der Waals surface area contributed by atoms with Crippen LogP contribution < -0.4 is 11.1 Å². The summed E-state index contributed by atoms with van der Waals surface area (Å²) in [7, 11) is 0. The number of nitrogens with two attached hydrogens (primary N) is 1. The fraction of sp³-hybridized carbons (Fsp3) is 0.615. The zero-order chi connectivity index (χ0) is 14.6. The van der Waals surface area contributed by atoms with E-state index in [9.17, 15) is 14.7 Å². The number of carbonyl (C=O) groups excluding carboxylic acids is 1. The molecule has 1 heterocycles. The predicted molar refractivity (Wildman–Crippen MR) is 71.8 cm³/mol. The van der Waals surface area contributed by atoms with Gasteiger partial charge in [0.1, 0.15) is 6.04 Å². The van der Waals surface area contributed by atoms with Crippen molar-refractivity contribution in [3.63, 3.8) is 0 Å². The zero-order valence-corrected chi connectivity index (χ0v) is 11.3. The van der Waals surface area contributed by atoms with Crippen LogP contribution in [-0.2, 0) is 16.0 Å². The number of nitrogens with one attached hydrogen (secondary N) is 2. The molecule has 20 heavy (non-hydrogen) atoms. The summed E-state index contributed by atoms with van der Waals surface area (Å²) in [6.45, 7) is 0.471. The van der Waals surface area contributed by atoms with Crippen molar-refractivity contribution in [3.8, 4) is 0 Å². The van der Waals surface area contributed by atoms with Crippen LogP contribution in [0.3, 0.4) is 0 Å². The van der Waals surface area contributed by atoms with Crippen LogP contribution in [0.25, 0.3) is 0 Å². The molecule has 5 N–H and O–H groups in total. The molecule has 0 radical (unpaired) electrons. The number of carboxylic acids is 1. The Kier molecular flexibility index (Phi) is 4.39. The van der Waals surface area contributed by atoms with E-state index in [0.29, 0.717) is 18.7 Å². The van der Waals surface area contributed by atoms with Crippen molar-refractivity contribution in [3.05, 3.63) is 18.2 Å². The van der Waals surface area contributed by atoms with Crippen LogP contribution in [0.2, 0.25) is 0 Å². The quantitative estimate of drug-likeness (QED) is 0.562. The second kappa shape index (κ2) is 6.04. The highest BCUT2D eigenvalue weighted by Gasteiger charge is 2.38. The van der Waals surface area contributed by atoms with Gasteiger partial charge in [0.2, 0.25) is 5.91 Å². The maximum absolute atomic E-state index is 12.0. The minimum absolute atomic E-state index is 0.124. The number of hydrogen-bond acceptors (Lipinski definition) is 4. The van der Waals surface area contributed by atoms with Gasteiger partial charge in [-0.2, -0.15) is 0 Å². The Morgan fingerprint density at radius 3 is 2.75 bits per heavy atom. The number of imidazole rings is 1. The molecule has 7 nitrogen and oxygen atoms in total. The van der Waals surface area contributed by atoms with Crippen LogP contribution in [0.4, 0.5) is 0 Å². The molecule has 0 unspecified atom stereocenters. The van der Waals surface area contributed by atoms with Crippen molar-refractivity contribution in [2.75, 3.05) is 6.54 Å². The van der Waals surface area contributed by atoms with Crippen LogP contribution in [0.15, 0.2) is 12.5 Å². The number of carbonyl (C=O) groups is 2. The maximum Gasteiger partial charge on any atom is 0.326 e. The molecular formula is C13H20N4O3. The normalized spacial score (nSPS) is 18.1. The van der Waals surface area contributed by atoms with E-state index in [4.69, 9.17) is 5.73 Å². The van der Waals surface area contributed by atoms with Gasteiger partial charge in [-0.1, -0.05) is 6.42 Å². The van der Waals surface area contributed by atoms with E-state index in [1.54, 1.807) is 6.20 Å². The van der Waals surface area contributed by atoms with Crippen LogP contribution in [0.1, 0.15) is 31.4 Å². The van der Waals surface area contributed by atoms with E-state index in [1.807, 2.05) is 0 Å². The third kappa shape index (κ3) is 3.36. The molecule has 7 heteroatoms. The van der Waals surface area contributed by atoms with Crippen molar-refractivity contribution >= 4 is 11.9 Å². The predicted octanol–water partition coefficient (Wildman–Crippen LogP) is 0.0407. The van der Waals surface area contributed by atoms with Gasteiger partial charge in [0.05, 0.1) is 6.33 Å². The smallest absolute Gasteiger partial charge is 0.326 e. The Labute approximate surface area is 117 Å². The number of nitrogens with zero attached hydrogens (tertiary/aromatic N) is 1. The second-order valence-corrected chi connectivity index (χ2v) is 5.47. The van der Waals surface area contributed by atoms with E-state index in [0.717, 1.165) is 19.3 Å². The number of aromatic amines is 1. The Hall–Kier alpha value is -1.89. The Bertz CT molecular complexity index is 462. The summed E-state index contributed by atoms with van der Waals surface area (Å²) >= 11 is 0. The van der Waals surface area contributed by atoms with Gasteiger partial charge in [0, 0.05) is 24.7 Å². The Morgan fingerprint density at radius 1 is 1.55 bits per heavy atom. The lowest BCUT2D eigenvalue weighted by atomic mass is 9.66.